The van der Waals surface area contributed by atoms with Gasteiger partial charge in [0.15, 0.2) is 0 Å². The molecular weight excluding hydrogens is 190 g/mol. The van der Waals surface area contributed by atoms with Gasteiger partial charge >= 0.3 is 0 Å². The molecule has 2 rings (SSSR count). The van der Waals surface area contributed by atoms with Gasteiger partial charge in [-0.3, -0.25) is 4.79 Å². The van der Waals surface area contributed by atoms with Gasteiger partial charge in [0.1, 0.15) is 0 Å². The first-order valence-electron chi connectivity index (χ1n) is 6.21. The third-order valence-electron chi connectivity index (χ3n) is 3.69. The summed E-state index contributed by atoms with van der Waals surface area (Å²) in [7, 11) is 0. The number of aliphatic hydroxyl groups excluding tert-OH is 1. The molecule has 0 aromatic rings. The lowest BCUT2D eigenvalue weighted by atomic mass is 10.0. The van der Waals surface area contributed by atoms with E-state index in [0.717, 1.165) is 19.4 Å². The molecule has 0 radical (unpaired) electrons. The van der Waals surface area contributed by atoms with Crippen LogP contribution in [0.15, 0.2) is 0 Å². The molecule has 2 aliphatic rings. The zero-order valence-corrected chi connectivity index (χ0v) is 9.32. The Morgan fingerprint density at radius 2 is 1.93 bits per heavy atom. The van der Waals surface area contributed by atoms with E-state index in [0.29, 0.717) is 18.9 Å². The second kappa shape index (κ2) is 4.97. The highest BCUT2D eigenvalue weighted by atomic mass is 16.3. The van der Waals surface area contributed by atoms with Crippen LogP contribution in [0.3, 0.4) is 0 Å². The van der Waals surface area contributed by atoms with E-state index >= 15 is 0 Å². The van der Waals surface area contributed by atoms with Crippen molar-refractivity contribution in [2.45, 2.75) is 51.0 Å². The number of hydrogen-bond donors (Lipinski definition) is 1. The average Bonchev–Trinajstić information content (AvgIpc) is 2.70. The van der Waals surface area contributed by atoms with Crippen molar-refractivity contribution in [3.05, 3.63) is 0 Å². The van der Waals surface area contributed by atoms with Gasteiger partial charge in [-0.15, -0.1) is 0 Å². The van der Waals surface area contributed by atoms with Crippen LogP contribution in [0.2, 0.25) is 0 Å². The van der Waals surface area contributed by atoms with Gasteiger partial charge < -0.3 is 10.0 Å². The van der Waals surface area contributed by atoms with E-state index in [1.807, 2.05) is 4.90 Å². The minimum absolute atomic E-state index is 0.264. The highest BCUT2D eigenvalue weighted by molar-refractivity contribution is 5.76. The molecule has 1 atom stereocenters. The Morgan fingerprint density at radius 3 is 2.60 bits per heavy atom. The summed E-state index contributed by atoms with van der Waals surface area (Å²) in [6, 6.07) is 0. The Morgan fingerprint density at radius 1 is 1.20 bits per heavy atom. The summed E-state index contributed by atoms with van der Waals surface area (Å²) in [5.41, 5.74) is 0. The Balaban J connectivity index is 1.78. The Labute approximate surface area is 91.5 Å². The zero-order chi connectivity index (χ0) is 10.7. The van der Waals surface area contributed by atoms with Crippen molar-refractivity contribution in [3.63, 3.8) is 0 Å². The van der Waals surface area contributed by atoms with Crippen molar-refractivity contribution in [2.75, 3.05) is 13.1 Å². The lowest BCUT2D eigenvalue weighted by molar-refractivity contribution is -0.135. The van der Waals surface area contributed by atoms with Gasteiger partial charge in [0, 0.05) is 19.5 Å². The fourth-order valence-corrected chi connectivity index (χ4v) is 2.77. The van der Waals surface area contributed by atoms with Crippen molar-refractivity contribution in [1.82, 2.24) is 4.90 Å². The molecule has 1 heterocycles. The van der Waals surface area contributed by atoms with Crippen LogP contribution >= 0.6 is 0 Å². The van der Waals surface area contributed by atoms with Crippen LogP contribution in [-0.2, 0) is 4.79 Å². The molecular formula is C12H21NO2. The van der Waals surface area contributed by atoms with Crippen molar-refractivity contribution in [1.29, 1.82) is 0 Å². The smallest absolute Gasteiger partial charge is 0.222 e. The van der Waals surface area contributed by atoms with Crippen molar-refractivity contribution < 1.29 is 9.90 Å². The molecule has 1 saturated heterocycles. The monoisotopic (exact) mass is 211 g/mol. The Bertz CT molecular complexity index is 224. The number of nitrogens with zero attached hydrogens (tertiary/aromatic N) is 1. The second-order valence-electron chi connectivity index (χ2n) is 4.99. The lowest BCUT2D eigenvalue weighted by Crippen LogP contribution is -2.42. The molecule has 0 unspecified atom stereocenters. The summed E-state index contributed by atoms with van der Waals surface area (Å²) >= 11 is 0. The van der Waals surface area contributed by atoms with Crippen LogP contribution in [0, 0.1) is 5.92 Å². The van der Waals surface area contributed by atoms with E-state index in [-0.39, 0.29) is 12.0 Å². The first-order valence-corrected chi connectivity index (χ1v) is 6.21. The van der Waals surface area contributed by atoms with Gasteiger partial charge in [-0.05, 0) is 31.6 Å². The minimum Gasteiger partial charge on any atom is -0.391 e. The number of amides is 1. The van der Waals surface area contributed by atoms with E-state index in [2.05, 4.69) is 0 Å². The third-order valence-corrected chi connectivity index (χ3v) is 3.69. The maximum absolute atomic E-state index is 11.9. The molecule has 1 N–H and O–H groups in total. The van der Waals surface area contributed by atoms with Crippen LogP contribution in [0.5, 0.6) is 0 Å². The van der Waals surface area contributed by atoms with E-state index < -0.39 is 0 Å². The molecule has 2 fully saturated rings. The molecule has 1 saturated carbocycles. The number of β-amino-alcohol motifs (C(OH)–C–C–N with tert-alkyl or cyclic N) is 1. The van der Waals surface area contributed by atoms with Gasteiger partial charge in [-0.2, -0.15) is 0 Å². The Hall–Kier alpha value is -0.570. The minimum atomic E-state index is -0.286. The molecule has 86 valence electrons. The predicted octanol–water partition coefficient (Wildman–Crippen LogP) is 1.55. The molecule has 1 aliphatic heterocycles. The molecule has 0 spiro atoms. The second-order valence-corrected chi connectivity index (χ2v) is 4.99. The number of carbonyl (C=O) groups excluding carboxylic acids is 1. The van der Waals surface area contributed by atoms with E-state index in [9.17, 15) is 9.90 Å². The highest BCUT2D eigenvalue weighted by Gasteiger charge is 2.25. The molecule has 1 aliphatic carbocycles. The van der Waals surface area contributed by atoms with Crippen LogP contribution in [0.4, 0.5) is 0 Å². The number of piperidine rings is 1. The first-order chi connectivity index (χ1) is 7.25. The summed E-state index contributed by atoms with van der Waals surface area (Å²) in [4.78, 5) is 13.8. The topological polar surface area (TPSA) is 40.5 Å². The van der Waals surface area contributed by atoms with Crippen molar-refractivity contribution in [2.24, 2.45) is 5.92 Å². The quantitative estimate of drug-likeness (QED) is 0.753. The average molecular weight is 211 g/mol. The molecule has 3 heteroatoms. The maximum Gasteiger partial charge on any atom is 0.222 e. The van der Waals surface area contributed by atoms with Gasteiger partial charge in [0.25, 0.3) is 0 Å². The molecule has 15 heavy (non-hydrogen) atoms. The molecule has 0 aromatic heterocycles. The first kappa shape index (κ1) is 10.9. The van der Waals surface area contributed by atoms with E-state index in [1.165, 1.54) is 25.7 Å². The van der Waals surface area contributed by atoms with Crippen LogP contribution < -0.4 is 0 Å². The largest absolute Gasteiger partial charge is 0.391 e. The Kier molecular flexibility index (Phi) is 3.62. The summed E-state index contributed by atoms with van der Waals surface area (Å²) in [6.07, 6.45) is 7.27. The predicted molar refractivity (Wildman–Crippen MR) is 58.4 cm³/mol. The summed E-state index contributed by atoms with van der Waals surface area (Å²) in [6.45, 7) is 1.41. The van der Waals surface area contributed by atoms with Gasteiger partial charge in [0.2, 0.25) is 5.91 Å². The van der Waals surface area contributed by atoms with Gasteiger partial charge in [0.05, 0.1) is 6.10 Å². The maximum atomic E-state index is 11.9. The van der Waals surface area contributed by atoms with Crippen molar-refractivity contribution >= 4 is 5.91 Å². The highest BCUT2D eigenvalue weighted by Crippen LogP contribution is 2.28. The summed E-state index contributed by atoms with van der Waals surface area (Å²) in [5.74, 6) is 0.886. The molecule has 0 aromatic carbocycles. The van der Waals surface area contributed by atoms with Gasteiger partial charge in [-0.25, -0.2) is 0 Å². The number of hydrogen-bond acceptors (Lipinski definition) is 2. The zero-order valence-electron chi connectivity index (χ0n) is 9.32. The molecule has 0 bridgehead atoms. The summed E-state index contributed by atoms with van der Waals surface area (Å²) in [5, 5.41) is 9.50. The van der Waals surface area contributed by atoms with Crippen LogP contribution in [-0.4, -0.2) is 35.1 Å². The standard InChI is InChI=1S/C12H21NO2/c14-11-6-3-7-13(9-11)12(15)8-10-4-1-2-5-10/h10-11,14H,1-9H2/t11-/m0/s1. The summed E-state index contributed by atoms with van der Waals surface area (Å²) < 4.78 is 0. The van der Waals surface area contributed by atoms with Crippen molar-refractivity contribution in [3.8, 4) is 0 Å². The lowest BCUT2D eigenvalue weighted by Gasteiger charge is -2.30. The number of rotatable bonds is 2. The number of likely N-dealkylation sites (tertiary alicyclic amines) is 1. The van der Waals surface area contributed by atoms with Crippen LogP contribution in [0.25, 0.3) is 0 Å². The number of carbonyl (C=O) groups is 1. The normalized spacial score (nSPS) is 28.3. The third kappa shape index (κ3) is 2.94. The van der Waals surface area contributed by atoms with E-state index in [1.54, 1.807) is 0 Å². The molecule has 3 nitrogen and oxygen atoms in total. The SMILES string of the molecule is O=C(CC1CCCC1)N1CCC[C@H](O)C1. The van der Waals surface area contributed by atoms with Crippen LogP contribution in [0.1, 0.15) is 44.9 Å². The van der Waals surface area contributed by atoms with E-state index in [4.69, 9.17) is 0 Å². The fourth-order valence-electron chi connectivity index (χ4n) is 2.77. The number of aliphatic hydroxyl groups is 1. The van der Waals surface area contributed by atoms with Gasteiger partial charge in [-0.1, -0.05) is 12.8 Å². The molecule has 1 amide bonds. The fraction of sp³-hybridized carbons (Fsp3) is 0.917.